The molecular weight excluding hydrogens is 1610 g/mol. The Balaban J connectivity index is 0.000000102. The third-order valence-electron chi connectivity index (χ3n) is 28.3. The normalized spacial score (nSPS) is 11.6. The van der Waals surface area contributed by atoms with E-state index < -0.39 is 0 Å². The lowest BCUT2D eigenvalue weighted by atomic mass is 10.1. The summed E-state index contributed by atoms with van der Waals surface area (Å²) in [6.07, 6.45) is 4.49. The van der Waals surface area contributed by atoms with E-state index in [0.717, 1.165) is 22.6 Å². The van der Waals surface area contributed by atoms with Gasteiger partial charge in [-0.15, -0.1) is 0 Å². The highest BCUT2D eigenvalue weighted by molar-refractivity contribution is 5.99. The van der Waals surface area contributed by atoms with Gasteiger partial charge in [0.2, 0.25) is 11.6 Å². The Morgan fingerprint density at radius 2 is 0.409 bits per heavy atom. The standard InChI is InChI=1S/4C20H20N2.2C19H19N3/c2*1-13-8-7-9-14(2)19(13)22-16(4)15(3)21-12-17-10-5-6-11-18(17)20(21)22;2*1-13-8-7-9-14(2)20(13)22-16(4)15(3)21-18-11-6-5-10-17(18)12-19(21)22;2*1-12-8-7-9-13(2)18(12)22-15(4)14(3)21-17-11-6-5-10-16(17)20-19(21)22/h4*5-12H,1-4H3;2*5-11H,1-4H3. The summed E-state index contributed by atoms with van der Waals surface area (Å²) in [7, 11) is 0. The van der Waals surface area contributed by atoms with Gasteiger partial charge in [-0.05, 0) is 281 Å². The van der Waals surface area contributed by atoms with Crippen LogP contribution in [0.5, 0.6) is 0 Å². The van der Waals surface area contributed by atoms with Crippen LogP contribution in [0.3, 0.4) is 0 Å². The van der Waals surface area contributed by atoms with Gasteiger partial charge in [0, 0.05) is 113 Å². The molecule has 0 fully saturated rings. The first-order valence-corrected chi connectivity index (χ1v) is 46.2. The largest absolute Gasteiger partial charge is 0.304 e. The van der Waals surface area contributed by atoms with Gasteiger partial charge in [0.1, 0.15) is 22.6 Å². The average molecular weight is 1730 g/mol. The molecule has 132 heavy (non-hydrogen) atoms. The van der Waals surface area contributed by atoms with E-state index >= 15 is 0 Å². The molecule has 0 N–H and O–H groups in total. The number of benzene rings is 12. The van der Waals surface area contributed by atoms with Crippen molar-refractivity contribution in [2.45, 2.75) is 166 Å². The average Bonchev–Trinajstić information content (AvgIpc) is 1.59. The second-order valence-corrected chi connectivity index (χ2v) is 36.6. The van der Waals surface area contributed by atoms with Gasteiger partial charge in [-0.1, -0.05) is 218 Å². The monoisotopic (exact) mass is 1730 g/mol. The van der Waals surface area contributed by atoms with E-state index in [-0.39, 0.29) is 0 Å². The molecule has 0 saturated heterocycles. The quantitative estimate of drug-likeness (QED) is 0.166. The Hall–Kier alpha value is -15.0. The Labute approximate surface area is 773 Å². The van der Waals surface area contributed by atoms with Crippen molar-refractivity contribution in [3.8, 4) is 34.1 Å². The number of aryl methyl sites for hydroxylation is 18. The molecule has 0 radical (unpaired) electrons. The lowest BCUT2D eigenvalue weighted by Crippen LogP contribution is -2.02. The zero-order valence-electron chi connectivity index (χ0n) is 80.8. The Morgan fingerprint density at radius 3 is 0.712 bits per heavy atom. The zero-order valence-corrected chi connectivity index (χ0v) is 80.8. The van der Waals surface area contributed by atoms with E-state index in [0.29, 0.717) is 0 Å². The smallest absolute Gasteiger partial charge is 0.220 e. The number of hydrogen-bond acceptors (Lipinski definition) is 2. The van der Waals surface area contributed by atoms with Crippen LogP contribution >= 0.6 is 0 Å². The summed E-state index contributed by atoms with van der Waals surface area (Å²) in [5.41, 5.74) is 50.7. The van der Waals surface area contributed by atoms with Crippen molar-refractivity contribution in [3.05, 3.63) is 414 Å². The van der Waals surface area contributed by atoms with Crippen LogP contribution < -0.4 is 0 Å². The van der Waals surface area contributed by atoms with Gasteiger partial charge in [0.25, 0.3) is 0 Å². The molecule has 0 aliphatic carbocycles. The molecule has 0 bridgehead atoms. The van der Waals surface area contributed by atoms with Crippen LogP contribution in [0.25, 0.3) is 134 Å². The van der Waals surface area contributed by atoms with Crippen LogP contribution in [0.1, 0.15) is 135 Å². The van der Waals surface area contributed by atoms with Crippen LogP contribution in [-0.4, -0.2) is 63.8 Å². The van der Waals surface area contributed by atoms with Crippen molar-refractivity contribution in [3.63, 3.8) is 0 Å². The molecule has 660 valence electrons. The SMILES string of the molecule is Cc1cccc(C)c1-n1c(C)c(C)n2c3ccccc3cc12.Cc1cccc(C)c1-n1c(C)c(C)n2c3ccccc3cc12.Cc1cccc(C)c1-n1c(C)c(C)n2c3ccccc3nc12.Cc1cccc(C)c1-n1c(C)c(C)n2c3ccccc3nc12.Cc1cccc(C)c1-n1c(C)c(C)n2cc3ccccc3c12.Cc1cccc(C)c1-n1c(C)c(C)n2cc3ccccc3c12. The first kappa shape index (κ1) is 86.4. The van der Waals surface area contributed by atoms with E-state index in [9.17, 15) is 0 Å². The summed E-state index contributed by atoms with van der Waals surface area (Å²) >= 11 is 0. The molecule has 0 aliphatic rings. The zero-order chi connectivity index (χ0) is 92.6. The molecule has 14 nitrogen and oxygen atoms in total. The van der Waals surface area contributed by atoms with E-state index in [1.807, 2.05) is 12.1 Å². The summed E-state index contributed by atoms with van der Waals surface area (Å²) in [4.78, 5) is 9.76. The fourth-order valence-electron chi connectivity index (χ4n) is 21.1. The van der Waals surface area contributed by atoms with E-state index in [1.54, 1.807) is 0 Å². The lowest BCUT2D eigenvalue weighted by molar-refractivity contribution is 0.995. The van der Waals surface area contributed by atoms with Crippen molar-refractivity contribution in [1.82, 2.24) is 63.8 Å². The first-order chi connectivity index (χ1) is 63.6. The predicted molar refractivity (Wildman–Crippen MR) is 555 cm³/mol. The molecule has 0 spiro atoms. The lowest BCUT2D eigenvalue weighted by Gasteiger charge is -2.14. The minimum Gasteiger partial charge on any atom is -0.304 e. The molecule has 24 aromatic rings. The number of rotatable bonds is 6. The molecule has 12 heterocycles. The van der Waals surface area contributed by atoms with Crippen LogP contribution in [0.2, 0.25) is 0 Å². The molecule has 0 saturated carbocycles. The van der Waals surface area contributed by atoms with Crippen molar-refractivity contribution < 1.29 is 0 Å². The first-order valence-electron chi connectivity index (χ1n) is 46.2. The number of imidazole rings is 8. The topological polar surface area (TPSA) is 81.8 Å². The summed E-state index contributed by atoms with van der Waals surface area (Å²) in [5, 5.41) is 7.78. The molecule has 0 unspecified atom stereocenters. The van der Waals surface area contributed by atoms with Crippen molar-refractivity contribution in [1.29, 1.82) is 0 Å². The second kappa shape index (κ2) is 33.8. The number of hydrogen-bond donors (Lipinski definition) is 0. The van der Waals surface area contributed by atoms with Crippen LogP contribution in [-0.2, 0) is 0 Å². The van der Waals surface area contributed by atoms with Gasteiger partial charge >= 0.3 is 0 Å². The number of para-hydroxylation sites is 12. The van der Waals surface area contributed by atoms with Gasteiger partial charge in [0.05, 0.1) is 67.2 Å². The molecular formula is C118H118N14. The fraction of sp³-hybridized carbons (Fsp3) is 0.203. The van der Waals surface area contributed by atoms with Gasteiger partial charge in [0.15, 0.2) is 0 Å². The van der Waals surface area contributed by atoms with Gasteiger partial charge in [-0.3, -0.25) is 45.0 Å². The van der Waals surface area contributed by atoms with Gasteiger partial charge in [-0.2, -0.15) is 0 Å². The van der Waals surface area contributed by atoms with E-state index in [1.165, 1.54) is 246 Å². The highest BCUT2D eigenvalue weighted by atomic mass is 15.2. The highest BCUT2D eigenvalue weighted by Gasteiger charge is 2.27. The molecule has 0 amide bonds. The van der Waals surface area contributed by atoms with Crippen LogP contribution in [0, 0.1) is 166 Å². The third-order valence-corrected chi connectivity index (χ3v) is 28.3. The van der Waals surface area contributed by atoms with E-state index in [4.69, 9.17) is 9.97 Å². The molecule has 14 heteroatoms. The minimum atomic E-state index is 0.994. The minimum absolute atomic E-state index is 0.994. The summed E-state index contributed by atoms with van der Waals surface area (Å²) in [6.45, 7) is 52.5. The van der Waals surface area contributed by atoms with Crippen molar-refractivity contribution in [2.75, 3.05) is 0 Å². The Bertz CT molecular complexity index is 7730. The van der Waals surface area contributed by atoms with Crippen LogP contribution in [0.15, 0.2) is 279 Å². The van der Waals surface area contributed by atoms with Crippen LogP contribution in [0.4, 0.5) is 0 Å². The third kappa shape index (κ3) is 14.0. The second-order valence-electron chi connectivity index (χ2n) is 36.6. The van der Waals surface area contributed by atoms with Gasteiger partial charge < -0.3 is 8.80 Å². The predicted octanol–water partition coefficient (Wildman–Crippen LogP) is 29.5. The van der Waals surface area contributed by atoms with Gasteiger partial charge in [-0.25, -0.2) is 9.97 Å². The maximum atomic E-state index is 4.88. The van der Waals surface area contributed by atoms with Crippen molar-refractivity contribution in [2.24, 2.45) is 0 Å². The molecule has 12 aromatic heterocycles. The maximum Gasteiger partial charge on any atom is 0.220 e. The number of fused-ring (bicyclic) bond motifs is 18. The number of aromatic nitrogens is 14. The molecule has 12 aromatic carbocycles. The molecule has 24 rings (SSSR count). The highest BCUT2D eigenvalue weighted by Crippen LogP contribution is 2.40. The maximum absolute atomic E-state index is 4.88. The Kier molecular flexibility index (Phi) is 22.1. The molecule has 0 atom stereocenters. The number of nitrogens with zero attached hydrogens (tertiary/aromatic N) is 14. The Morgan fingerprint density at radius 1 is 0.182 bits per heavy atom. The summed E-state index contributed by atoms with van der Waals surface area (Å²) in [5.74, 6) is 1.99. The van der Waals surface area contributed by atoms with E-state index in [2.05, 4.69) is 487 Å². The summed E-state index contributed by atoms with van der Waals surface area (Å²) < 4.78 is 28.1. The summed E-state index contributed by atoms with van der Waals surface area (Å²) in [6, 6.07) is 94.6. The molecule has 0 aliphatic heterocycles. The fourth-order valence-corrected chi connectivity index (χ4v) is 21.1. The van der Waals surface area contributed by atoms with Crippen molar-refractivity contribution >= 4 is 99.6 Å².